The van der Waals surface area contributed by atoms with Gasteiger partial charge < -0.3 is 0 Å². The molecule has 0 amide bonds. The van der Waals surface area contributed by atoms with E-state index in [4.69, 9.17) is 0 Å². The quantitative estimate of drug-likeness (QED) is 0.432. The number of rotatable bonds is 3. The molecule has 4 aromatic rings. The van der Waals surface area contributed by atoms with E-state index in [-0.39, 0.29) is 16.6 Å². The average molecular weight is 349 g/mol. The summed E-state index contributed by atoms with van der Waals surface area (Å²) in [6, 6.07) is 14.7. The zero-order chi connectivity index (χ0) is 18.3. The van der Waals surface area contributed by atoms with Gasteiger partial charge in [-0.25, -0.2) is 4.68 Å². The van der Waals surface area contributed by atoms with Gasteiger partial charge in [0.15, 0.2) is 5.52 Å². The van der Waals surface area contributed by atoms with Crippen LogP contribution >= 0.6 is 0 Å². The standard InChI is InChI=1S/C17H11N5O4/c23-16-13-14(17(24)19-18-16)20-21(15(13)10-4-2-1-3-5-10)11-6-8-12(9-7-11)22(25)26/h1-9H,(H,18,23)(H,19,24). The largest absolute Gasteiger partial charge is 0.291 e. The smallest absolute Gasteiger partial charge is 0.267 e. The van der Waals surface area contributed by atoms with E-state index in [0.29, 0.717) is 16.9 Å². The van der Waals surface area contributed by atoms with Gasteiger partial charge in [0.05, 0.1) is 16.3 Å². The summed E-state index contributed by atoms with van der Waals surface area (Å²) >= 11 is 0. The highest BCUT2D eigenvalue weighted by Gasteiger charge is 2.20. The summed E-state index contributed by atoms with van der Waals surface area (Å²) in [4.78, 5) is 34.8. The van der Waals surface area contributed by atoms with Crippen molar-refractivity contribution in [1.82, 2.24) is 20.0 Å². The highest BCUT2D eigenvalue weighted by molar-refractivity contribution is 5.92. The van der Waals surface area contributed by atoms with Crippen LogP contribution in [0.25, 0.3) is 27.8 Å². The van der Waals surface area contributed by atoms with Crippen LogP contribution in [0.2, 0.25) is 0 Å². The first-order chi connectivity index (χ1) is 12.6. The van der Waals surface area contributed by atoms with Gasteiger partial charge in [-0.05, 0) is 12.1 Å². The number of fused-ring (bicyclic) bond motifs is 1. The Morgan fingerprint density at radius 1 is 0.923 bits per heavy atom. The summed E-state index contributed by atoms with van der Waals surface area (Å²) in [7, 11) is 0. The summed E-state index contributed by atoms with van der Waals surface area (Å²) in [5.74, 6) is 0. The minimum atomic E-state index is -0.530. The van der Waals surface area contributed by atoms with Crippen molar-refractivity contribution < 1.29 is 4.92 Å². The second kappa shape index (κ2) is 5.81. The van der Waals surface area contributed by atoms with Gasteiger partial charge in [-0.3, -0.25) is 29.9 Å². The lowest BCUT2D eigenvalue weighted by Crippen LogP contribution is -2.18. The van der Waals surface area contributed by atoms with Crippen LogP contribution < -0.4 is 11.1 Å². The summed E-state index contributed by atoms with van der Waals surface area (Å²) in [6.07, 6.45) is 0. The molecule has 2 N–H and O–H groups in total. The first kappa shape index (κ1) is 15.5. The topological polar surface area (TPSA) is 127 Å². The molecule has 2 heterocycles. The third kappa shape index (κ3) is 2.38. The fourth-order valence-electron chi connectivity index (χ4n) is 2.79. The monoisotopic (exact) mass is 349 g/mol. The maximum Gasteiger partial charge on any atom is 0.291 e. The van der Waals surface area contributed by atoms with Gasteiger partial charge in [0.25, 0.3) is 16.8 Å². The molecule has 0 saturated heterocycles. The molecular formula is C17H11N5O4. The molecule has 0 atom stereocenters. The normalized spacial score (nSPS) is 10.9. The molecule has 0 unspecified atom stereocenters. The van der Waals surface area contributed by atoms with Crippen LogP contribution in [0, 0.1) is 10.1 Å². The Kier molecular flexibility index (Phi) is 3.47. The lowest BCUT2D eigenvalue weighted by Gasteiger charge is -2.07. The van der Waals surface area contributed by atoms with Crippen molar-refractivity contribution in [3.8, 4) is 16.9 Å². The second-order valence-electron chi connectivity index (χ2n) is 5.53. The molecule has 0 aliphatic carbocycles. The van der Waals surface area contributed by atoms with Gasteiger partial charge in [0, 0.05) is 17.7 Å². The predicted molar refractivity (Wildman–Crippen MR) is 94.4 cm³/mol. The number of benzene rings is 2. The molecule has 2 aromatic heterocycles. The number of nitro groups is 1. The summed E-state index contributed by atoms with van der Waals surface area (Å²) < 4.78 is 1.44. The molecule has 0 aliphatic heterocycles. The Balaban J connectivity index is 2.08. The van der Waals surface area contributed by atoms with Crippen molar-refractivity contribution in [2.45, 2.75) is 0 Å². The number of non-ortho nitro benzene ring substituents is 1. The van der Waals surface area contributed by atoms with Gasteiger partial charge in [0.2, 0.25) is 0 Å². The van der Waals surface area contributed by atoms with Gasteiger partial charge >= 0.3 is 0 Å². The minimum Gasteiger partial charge on any atom is -0.267 e. The second-order valence-corrected chi connectivity index (χ2v) is 5.53. The molecule has 0 radical (unpaired) electrons. The minimum absolute atomic E-state index is 0.00837. The fraction of sp³-hybridized carbons (Fsp3) is 0. The van der Waals surface area contributed by atoms with Gasteiger partial charge in [0.1, 0.15) is 5.39 Å². The van der Waals surface area contributed by atoms with Crippen LogP contribution in [-0.4, -0.2) is 24.9 Å². The highest BCUT2D eigenvalue weighted by Crippen LogP contribution is 2.28. The zero-order valence-electron chi connectivity index (χ0n) is 13.2. The summed E-state index contributed by atoms with van der Waals surface area (Å²) in [5, 5.41) is 19.8. The molecule has 4 rings (SSSR count). The number of nitrogens with zero attached hydrogens (tertiary/aromatic N) is 3. The number of aromatic amines is 2. The lowest BCUT2D eigenvalue weighted by atomic mass is 10.1. The molecular weight excluding hydrogens is 338 g/mol. The molecule has 0 aliphatic rings. The van der Waals surface area contributed by atoms with Crippen molar-refractivity contribution in [1.29, 1.82) is 0 Å². The van der Waals surface area contributed by atoms with Gasteiger partial charge in [-0.15, -0.1) is 0 Å². The van der Waals surface area contributed by atoms with Crippen molar-refractivity contribution in [3.05, 3.63) is 85.4 Å². The lowest BCUT2D eigenvalue weighted by molar-refractivity contribution is -0.384. The Morgan fingerprint density at radius 2 is 1.58 bits per heavy atom. The number of hydrogen-bond acceptors (Lipinski definition) is 5. The molecule has 9 heteroatoms. The van der Waals surface area contributed by atoms with Crippen LogP contribution in [0.15, 0.2) is 64.2 Å². The maximum absolute atomic E-state index is 12.3. The van der Waals surface area contributed by atoms with Crippen LogP contribution in [0.5, 0.6) is 0 Å². The van der Waals surface area contributed by atoms with E-state index in [1.165, 1.54) is 28.9 Å². The third-order valence-electron chi connectivity index (χ3n) is 3.97. The SMILES string of the molecule is O=c1[nH][nH]c(=O)c2c(-c3ccccc3)n(-c3ccc([N+](=O)[O-])cc3)nc12. The van der Waals surface area contributed by atoms with Crippen LogP contribution in [0.1, 0.15) is 0 Å². The molecule has 26 heavy (non-hydrogen) atoms. The van der Waals surface area contributed by atoms with E-state index in [9.17, 15) is 19.7 Å². The first-order valence-corrected chi connectivity index (χ1v) is 7.60. The Bertz CT molecular complexity index is 1240. The van der Waals surface area contributed by atoms with Crippen molar-refractivity contribution in [3.63, 3.8) is 0 Å². The number of nitro benzene ring substituents is 1. The Hall–Kier alpha value is -4.01. The number of nitrogens with one attached hydrogen (secondary N) is 2. The molecule has 0 fully saturated rings. The van der Waals surface area contributed by atoms with E-state index in [0.717, 1.165) is 0 Å². The van der Waals surface area contributed by atoms with Gasteiger partial charge in [-0.2, -0.15) is 5.10 Å². The Labute approximate surface area is 144 Å². The van der Waals surface area contributed by atoms with E-state index in [1.54, 1.807) is 24.3 Å². The maximum atomic E-state index is 12.3. The van der Waals surface area contributed by atoms with Crippen molar-refractivity contribution >= 4 is 16.6 Å². The number of H-pyrrole nitrogens is 2. The fourth-order valence-corrected chi connectivity index (χ4v) is 2.79. The van der Waals surface area contributed by atoms with Crippen molar-refractivity contribution in [2.75, 3.05) is 0 Å². The summed E-state index contributed by atoms with van der Waals surface area (Å²) in [5.41, 5.74) is 0.521. The molecule has 128 valence electrons. The molecule has 0 saturated carbocycles. The summed E-state index contributed by atoms with van der Waals surface area (Å²) in [6.45, 7) is 0. The Morgan fingerprint density at radius 3 is 2.23 bits per heavy atom. The van der Waals surface area contributed by atoms with E-state index >= 15 is 0 Å². The van der Waals surface area contributed by atoms with E-state index in [2.05, 4.69) is 15.3 Å². The molecule has 2 aromatic carbocycles. The van der Waals surface area contributed by atoms with Crippen LogP contribution in [-0.2, 0) is 0 Å². The number of hydrogen-bond donors (Lipinski definition) is 2. The number of aromatic nitrogens is 4. The van der Waals surface area contributed by atoms with E-state index < -0.39 is 16.0 Å². The molecule has 0 spiro atoms. The van der Waals surface area contributed by atoms with Crippen molar-refractivity contribution in [2.24, 2.45) is 0 Å². The molecule has 0 bridgehead atoms. The third-order valence-corrected chi connectivity index (χ3v) is 3.97. The first-order valence-electron chi connectivity index (χ1n) is 7.60. The molecule has 9 nitrogen and oxygen atoms in total. The zero-order valence-corrected chi connectivity index (χ0v) is 13.2. The van der Waals surface area contributed by atoms with Crippen LogP contribution in [0.3, 0.4) is 0 Å². The van der Waals surface area contributed by atoms with Gasteiger partial charge in [-0.1, -0.05) is 30.3 Å². The van der Waals surface area contributed by atoms with Crippen LogP contribution in [0.4, 0.5) is 5.69 Å². The average Bonchev–Trinajstić information content (AvgIpc) is 3.07. The predicted octanol–water partition coefficient (Wildman–Crippen LogP) is 1.98. The van der Waals surface area contributed by atoms with E-state index in [1.807, 2.05) is 6.07 Å². The highest BCUT2D eigenvalue weighted by atomic mass is 16.6.